The molecule has 0 radical (unpaired) electrons. The van der Waals surface area contributed by atoms with Crippen molar-refractivity contribution in [1.82, 2.24) is 15.5 Å². The molecule has 1 saturated carbocycles. The second-order valence-corrected chi connectivity index (χ2v) is 5.41. The number of aromatic nitrogens is 2. The van der Waals surface area contributed by atoms with Crippen LogP contribution in [0.1, 0.15) is 64.1 Å². The molecule has 0 bridgehead atoms. The summed E-state index contributed by atoms with van der Waals surface area (Å²) in [6, 6.07) is 0.452. The third kappa shape index (κ3) is 2.82. The quantitative estimate of drug-likeness (QED) is 0.858. The van der Waals surface area contributed by atoms with Crippen molar-refractivity contribution < 1.29 is 9.26 Å². The number of ether oxygens (including phenoxy) is 1. The molecule has 5 heteroatoms. The molecule has 1 aliphatic carbocycles. The minimum absolute atomic E-state index is 0.342. The summed E-state index contributed by atoms with van der Waals surface area (Å²) in [7, 11) is 2.00. The Morgan fingerprint density at radius 3 is 2.84 bits per heavy atom. The summed E-state index contributed by atoms with van der Waals surface area (Å²) in [6.45, 7) is 6.74. The minimum Gasteiger partial charge on any atom is -0.367 e. The Balaban J connectivity index is 2.18. The van der Waals surface area contributed by atoms with Crippen LogP contribution in [0.25, 0.3) is 0 Å². The highest BCUT2D eigenvalue weighted by Crippen LogP contribution is 2.35. The summed E-state index contributed by atoms with van der Waals surface area (Å²) < 4.78 is 11.3. The smallest absolute Gasteiger partial charge is 0.231 e. The lowest BCUT2D eigenvalue weighted by molar-refractivity contribution is -0.0403. The van der Waals surface area contributed by atoms with Gasteiger partial charge in [0.15, 0.2) is 0 Å². The average Bonchev–Trinajstić information content (AvgIpc) is 3.07. The van der Waals surface area contributed by atoms with Crippen molar-refractivity contribution >= 4 is 0 Å². The predicted molar refractivity (Wildman–Crippen MR) is 73.0 cm³/mol. The normalized spacial score (nSPS) is 26.5. The van der Waals surface area contributed by atoms with Crippen LogP contribution in [0.2, 0.25) is 0 Å². The highest BCUT2D eigenvalue weighted by molar-refractivity contribution is 5.06. The van der Waals surface area contributed by atoms with Crippen LogP contribution >= 0.6 is 0 Å². The van der Waals surface area contributed by atoms with Crippen LogP contribution in [0.5, 0.6) is 0 Å². The molecule has 1 heterocycles. The van der Waals surface area contributed by atoms with Gasteiger partial charge in [-0.05, 0) is 40.2 Å². The van der Waals surface area contributed by atoms with Gasteiger partial charge < -0.3 is 14.6 Å². The van der Waals surface area contributed by atoms with E-state index in [-0.39, 0.29) is 0 Å². The molecule has 0 spiro atoms. The van der Waals surface area contributed by atoms with Crippen molar-refractivity contribution in [2.45, 2.75) is 64.0 Å². The zero-order valence-electron chi connectivity index (χ0n) is 12.4. The van der Waals surface area contributed by atoms with Crippen LogP contribution in [-0.4, -0.2) is 29.8 Å². The molecule has 19 heavy (non-hydrogen) atoms. The van der Waals surface area contributed by atoms with Gasteiger partial charge in [-0.1, -0.05) is 18.5 Å². The highest BCUT2D eigenvalue weighted by atomic mass is 16.5. The number of hydrogen-bond donors (Lipinski definition) is 1. The number of nitrogens with one attached hydrogen (secondary N) is 1. The van der Waals surface area contributed by atoms with Gasteiger partial charge in [-0.2, -0.15) is 4.98 Å². The van der Waals surface area contributed by atoms with E-state index in [2.05, 4.69) is 22.4 Å². The van der Waals surface area contributed by atoms with E-state index in [0.717, 1.165) is 18.7 Å². The van der Waals surface area contributed by atoms with Crippen LogP contribution in [0.3, 0.4) is 0 Å². The molecule has 0 amide bonds. The molecule has 0 aromatic carbocycles. The van der Waals surface area contributed by atoms with E-state index in [1.165, 1.54) is 12.8 Å². The Bertz CT molecular complexity index is 407. The van der Waals surface area contributed by atoms with Gasteiger partial charge >= 0.3 is 0 Å². The van der Waals surface area contributed by atoms with Gasteiger partial charge in [0, 0.05) is 12.6 Å². The number of likely N-dealkylation sites (N-methyl/N-ethyl adjacent to an activating group) is 1. The maximum atomic E-state index is 5.79. The van der Waals surface area contributed by atoms with Gasteiger partial charge in [-0.3, -0.25) is 0 Å². The first kappa shape index (κ1) is 14.5. The molecule has 108 valence electrons. The van der Waals surface area contributed by atoms with Crippen LogP contribution in [0.15, 0.2) is 4.52 Å². The van der Waals surface area contributed by atoms with Gasteiger partial charge in [0.1, 0.15) is 5.60 Å². The molecule has 1 N–H and O–H groups in total. The Hall–Kier alpha value is -0.940. The summed E-state index contributed by atoms with van der Waals surface area (Å²) >= 11 is 0. The van der Waals surface area contributed by atoms with Crippen LogP contribution < -0.4 is 5.32 Å². The van der Waals surface area contributed by atoms with Crippen molar-refractivity contribution in [2.24, 2.45) is 0 Å². The molecule has 1 aromatic rings. The first-order valence-corrected chi connectivity index (χ1v) is 7.30. The van der Waals surface area contributed by atoms with E-state index in [9.17, 15) is 0 Å². The fourth-order valence-corrected chi connectivity index (χ4v) is 2.85. The lowest BCUT2D eigenvalue weighted by Gasteiger charge is -2.24. The largest absolute Gasteiger partial charge is 0.367 e. The third-order valence-corrected chi connectivity index (χ3v) is 4.26. The minimum atomic E-state index is -0.440. The van der Waals surface area contributed by atoms with Crippen LogP contribution in [0, 0.1) is 0 Å². The van der Waals surface area contributed by atoms with Crippen LogP contribution in [0.4, 0.5) is 0 Å². The van der Waals surface area contributed by atoms with E-state index < -0.39 is 5.60 Å². The number of rotatable bonds is 6. The van der Waals surface area contributed by atoms with Crippen molar-refractivity contribution in [1.29, 1.82) is 0 Å². The van der Waals surface area contributed by atoms with Crippen molar-refractivity contribution in [3.8, 4) is 0 Å². The summed E-state index contributed by atoms with van der Waals surface area (Å²) in [5.74, 6) is 1.77. The molecule has 3 atom stereocenters. The average molecular weight is 267 g/mol. The molecular weight excluding hydrogens is 242 g/mol. The first-order valence-electron chi connectivity index (χ1n) is 7.30. The van der Waals surface area contributed by atoms with Gasteiger partial charge in [0.25, 0.3) is 0 Å². The molecule has 1 aliphatic rings. The third-order valence-electron chi connectivity index (χ3n) is 4.26. The van der Waals surface area contributed by atoms with E-state index in [1.807, 2.05) is 20.9 Å². The van der Waals surface area contributed by atoms with Crippen molar-refractivity contribution in [2.75, 3.05) is 13.7 Å². The van der Waals surface area contributed by atoms with Gasteiger partial charge in [-0.25, -0.2) is 0 Å². The topological polar surface area (TPSA) is 60.2 Å². The highest BCUT2D eigenvalue weighted by Gasteiger charge is 2.35. The van der Waals surface area contributed by atoms with Gasteiger partial charge in [0.05, 0.1) is 5.92 Å². The van der Waals surface area contributed by atoms with Crippen molar-refractivity contribution in [3.05, 3.63) is 11.7 Å². The fraction of sp³-hybridized carbons (Fsp3) is 0.857. The van der Waals surface area contributed by atoms with Gasteiger partial charge in [-0.15, -0.1) is 0 Å². The monoisotopic (exact) mass is 267 g/mol. The Kier molecular flexibility index (Phi) is 4.58. The zero-order chi connectivity index (χ0) is 13.9. The lowest BCUT2D eigenvalue weighted by atomic mass is 10.0. The summed E-state index contributed by atoms with van der Waals surface area (Å²) in [5, 5.41) is 7.49. The van der Waals surface area contributed by atoms with E-state index in [0.29, 0.717) is 24.4 Å². The number of nitrogens with zero attached hydrogens (tertiary/aromatic N) is 2. The first-order chi connectivity index (χ1) is 9.14. The standard InChI is InChI=1S/C14H25N3O2/c1-5-14(3,18-6-2)13-16-12(19-17-13)10-8-7-9-11(10)15-4/h10-11,15H,5-9H2,1-4H3. The second kappa shape index (κ2) is 6.01. The maximum absolute atomic E-state index is 5.79. The maximum Gasteiger partial charge on any atom is 0.231 e. The Labute approximate surface area is 115 Å². The summed E-state index contributed by atoms with van der Waals surface area (Å²) in [6.07, 6.45) is 4.34. The van der Waals surface area contributed by atoms with Gasteiger partial charge in [0.2, 0.25) is 11.7 Å². The molecular formula is C14H25N3O2. The molecule has 1 aromatic heterocycles. The van der Waals surface area contributed by atoms with E-state index in [1.54, 1.807) is 0 Å². The molecule has 0 saturated heterocycles. The Morgan fingerprint density at radius 1 is 1.42 bits per heavy atom. The fourth-order valence-electron chi connectivity index (χ4n) is 2.85. The summed E-state index contributed by atoms with van der Waals surface area (Å²) in [4.78, 5) is 4.61. The second-order valence-electron chi connectivity index (χ2n) is 5.41. The van der Waals surface area contributed by atoms with Crippen LogP contribution in [-0.2, 0) is 10.3 Å². The lowest BCUT2D eigenvalue weighted by Crippen LogP contribution is -2.28. The molecule has 1 fully saturated rings. The predicted octanol–water partition coefficient (Wildman–Crippen LogP) is 2.59. The van der Waals surface area contributed by atoms with E-state index >= 15 is 0 Å². The molecule has 3 unspecified atom stereocenters. The van der Waals surface area contributed by atoms with E-state index in [4.69, 9.17) is 9.26 Å². The molecule has 2 rings (SSSR count). The number of hydrogen-bond acceptors (Lipinski definition) is 5. The zero-order valence-corrected chi connectivity index (χ0v) is 12.4. The SMILES string of the molecule is CCOC(C)(CC)c1noc(C2CCCC2NC)n1. The molecule has 5 nitrogen and oxygen atoms in total. The molecule has 0 aliphatic heterocycles. The van der Waals surface area contributed by atoms with Crippen molar-refractivity contribution in [3.63, 3.8) is 0 Å². The Morgan fingerprint density at radius 2 is 2.21 bits per heavy atom. The summed E-state index contributed by atoms with van der Waals surface area (Å²) in [5.41, 5.74) is -0.440.